The predicted molar refractivity (Wildman–Crippen MR) is 148 cm³/mol. The number of nitro benzene ring substituents is 1. The summed E-state index contributed by atoms with van der Waals surface area (Å²) in [7, 11) is 0. The van der Waals surface area contributed by atoms with Crippen molar-refractivity contribution in [3.05, 3.63) is 111 Å². The first-order chi connectivity index (χ1) is 18.3. The summed E-state index contributed by atoms with van der Waals surface area (Å²) in [5.74, 6) is -0.238. The number of halogens is 1. The second-order valence-electron chi connectivity index (χ2n) is 9.09. The third kappa shape index (κ3) is 8.69. The lowest BCUT2D eigenvalue weighted by atomic mass is 10.0. The van der Waals surface area contributed by atoms with E-state index in [1.165, 1.54) is 36.0 Å². The molecule has 7 nitrogen and oxygen atoms in total. The average Bonchev–Trinajstić information content (AvgIpc) is 2.92. The Labute approximate surface area is 226 Å². The van der Waals surface area contributed by atoms with Crippen LogP contribution in [0, 0.1) is 15.9 Å². The number of thioether (sulfide) groups is 1. The van der Waals surface area contributed by atoms with Gasteiger partial charge in [0.25, 0.3) is 5.69 Å². The van der Waals surface area contributed by atoms with Gasteiger partial charge in [0.05, 0.1) is 10.7 Å². The SMILES string of the molecule is CC[C@H](C)NC(=O)[C@@H](Cc1ccccc1)N(Cc1ccc(F)cc1)C(=O)CSCc1ccc([N+](=O)[O-])cc1. The topological polar surface area (TPSA) is 92.6 Å². The molecule has 2 atom stereocenters. The molecule has 38 heavy (non-hydrogen) atoms. The Hall–Kier alpha value is -3.72. The summed E-state index contributed by atoms with van der Waals surface area (Å²) in [6, 6.07) is 20.8. The van der Waals surface area contributed by atoms with Gasteiger partial charge in [-0.15, -0.1) is 11.8 Å². The third-order valence-electron chi connectivity index (χ3n) is 6.18. The number of nitrogens with one attached hydrogen (secondary N) is 1. The number of rotatable bonds is 13. The molecule has 0 aliphatic carbocycles. The highest BCUT2D eigenvalue weighted by Gasteiger charge is 2.30. The second kappa shape index (κ2) is 14.3. The van der Waals surface area contributed by atoms with Crippen LogP contribution in [0.5, 0.6) is 0 Å². The zero-order chi connectivity index (χ0) is 27.5. The Morgan fingerprint density at radius 2 is 1.61 bits per heavy atom. The quantitative estimate of drug-likeness (QED) is 0.229. The van der Waals surface area contributed by atoms with Crippen molar-refractivity contribution in [1.82, 2.24) is 10.2 Å². The third-order valence-corrected chi connectivity index (χ3v) is 7.17. The predicted octanol–water partition coefficient (Wildman–Crippen LogP) is 5.52. The van der Waals surface area contributed by atoms with Crippen LogP contribution in [-0.2, 0) is 28.3 Å². The van der Waals surface area contributed by atoms with Gasteiger partial charge in [-0.25, -0.2) is 4.39 Å². The van der Waals surface area contributed by atoms with Gasteiger partial charge in [-0.2, -0.15) is 0 Å². The zero-order valence-electron chi connectivity index (χ0n) is 21.5. The molecule has 0 aliphatic rings. The maximum Gasteiger partial charge on any atom is 0.269 e. The van der Waals surface area contributed by atoms with Crippen molar-refractivity contribution in [3.8, 4) is 0 Å². The molecule has 0 fully saturated rings. The van der Waals surface area contributed by atoms with Gasteiger partial charge in [-0.05, 0) is 42.2 Å². The Morgan fingerprint density at radius 1 is 0.974 bits per heavy atom. The second-order valence-corrected chi connectivity index (χ2v) is 10.1. The van der Waals surface area contributed by atoms with E-state index in [9.17, 15) is 24.1 Å². The van der Waals surface area contributed by atoms with Crippen LogP contribution in [0.15, 0.2) is 78.9 Å². The molecule has 9 heteroatoms. The van der Waals surface area contributed by atoms with Crippen LogP contribution in [0.25, 0.3) is 0 Å². The number of hydrogen-bond acceptors (Lipinski definition) is 5. The molecular formula is C29H32FN3O4S. The molecular weight excluding hydrogens is 505 g/mol. The Bertz CT molecular complexity index is 1210. The Balaban J connectivity index is 1.82. The maximum atomic E-state index is 13.6. The fourth-order valence-corrected chi connectivity index (χ4v) is 4.71. The van der Waals surface area contributed by atoms with Crippen LogP contribution in [0.2, 0.25) is 0 Å². The van der Waals surface area contributed by atoms with E-state index in [0.717, 1.165) is 23.1 Å². The minimum atomic E-state index is -0.760. The standard InChI is InChI=1S/C29H32FN3O4S/c1-3-21(2)31-29(35)27(17-22-7-5-4-6-8-22)32(18-23-9-13-25(30)14-10-23)28(34)20-38-19-24-11-15-26(16-12-24)33(36)37/h4-16,21,27H,3,17-20H2,1-2H3,(H,31,35)/t21-,27+/m0/s1. The van der Waals surface area contributed by atoms with Crippen LogP contribution in [0.3, 0.4) is 0 Å². The minimum Gasteiger partial charge on any atom is -0.352 e. The first-order valence-corrected chi connectivity index (χ1v) is 13.6. The molecule has 1 N–H and O–H groups in total. The van der Waals surface area contributed by atoms with Crippen molar-refractivity contribution >= 4 is 29.3 Å². The van der Waals surface area contributed by atoms with Gasteiger partial charge in [0.15, 0.2) is 0 Å². The average molecular weight is 538 g/mol. The molecule has 3 aromatic rings. The molecule has 0 unspecified atom stereocenters. The number of carbonyl (C=O) groups excluding carboxylic acids is 2. The lowest BCUT2D eigenvalue weighted by Crippen LogP contribution is -2.52. The molecule has 0 aromatic heterocycles. The van der Waals surface area contributed by atoms with E-state index < -0.39 is 11.0 Å². The summed E-state index contributed by atoms with van der Waals surface area (Å²) in [6.45, 7) is 4.06. The molecule has 0 bridgehead atoms. The van der Waals surface area contributed by atoms with Gasteiger partial charge in [0.1, 0.15) is 11.9 Å². The monoisotopic (exact) mass is 537 g/mol. The highest BCUT2D eigenvalue weighted by Crippen LogP contribution is 2.20. The molecule has 0 saturated heterocycles. The number of nitro groups is 1. The van der Waals surface area contributed by atoms with Crippen LogP contribution in [0.1, 0.15) is 37.0 Å². The van der Waals surface area contributed by atoms with Crippen molar-refractivity contribution in [1.29, 1.82) is 0 Å². The molecule has 0 saturated carbocycles. The maximum absolute atomic E-state index is 13.6. The van der Waals surface area contributed by atoms with Crippen LogP contribution in [-0.4, -0.2) is 39.5 Å². The fraction of sp³-hybridized carbons (Fsp3) is 0.310. The van der Waals surface area contributed by atoms with E-state index >= 15 is 0 Å². The molecule has 0 spiro atoms. The molecule has 0 heterocycles. The Kier molecular flexibility index (Phi) is 10.8. The molecule has 2 amide bonds. The van der Waals surface area contributed by atoms with E-state index in [1.807, 2.05) is 44.2 Å². The minimum absolute atomic E-state index is 0.0105. The number of nitrogens with zero attached hydrogens (tertiary/aromatic N) is 2. The van der Waals surface area contributed by atoms with Crippen molar-refractivity contribution in [2.75, 3.05) is 5.75 Å². The van der Waals surface area contributed by atoms with Crippen LogP contribution < -0.4 is 5.32 Å². The number of hydrogen-bond donors (Lipinski definition) is 1. The molecule has 0 radical (unpaired) electrons. The van der Waals surface area contributed by atoms with Gasteiger partial charge in [0, 0.05) is 36.9 Å². The molecule has 200 valence electrons. The van der Waals surface area contributed by atoms with Crippen molar-refractivity contribution in [3.63, 3.8) is 0 Å². The smallest absolute Gasteiger partial charge is 0.269 e. The lowest BCUT2D eigenvalue weighted by molar-refractivity contribution is -0.384. The highest BCUT2D eigenvalue weighted by atomic mass is 32.2. The normalized spacial score (nSPS) is 12.4. The summed E-state index contributed by atoms with van der Waals surface area (Å²) in [4.78, 5) is 39.1. The summed E-state index contributed by atoms with van der Waals surface area (Å²) in [5.41, 5.74) is 2.51. The van der Waals surface area contributed by atoms with Gasteiger partial charge in [-0.3, -0.25) is 19.7 Å². The summed E-state index contributed by atoms with van der Waals surface area (Å²) in [6.07, 6.45) is 1.09. The van der Waals surface area contributed by atoms with Crippen LogP contribution in [0.4, 0.5) is 10.1 Å². The lowest BCUT2D eigenvalue weighted by Gasteiger charge is -2.32. The van der Waals surface area contributed by atoms with Crippen molar-refractivity contribution in [2.24, 2.45) is 0 Å². The number of amides is 2. The van der Waals surface area contributed by atoms with E-state index in [1.54, 1.807) is 29.2 Å². The molecule has 3 rings (SSSR count). The van der Waals surface area contributed by atoms with Gasteiger partial charge in [-0.1, -0.05) is 61.5 Å². The van der Waals surface area contributed by atoms with Gasteiger partial charge >= 0.3 is 0 Å². The molecule has 0 aliphatic heterocycles. The largest absolute Gasteiger partial charge is 0.352 e. The first-order valence-electron chi connectivity index (χ1n) is 12.5. The van der Waals surface area contributed by atoms with Gasteiger partial charge in [0.2, 0.25) is 11.8 Å². The highest BCUT2D eigenvalue weighted by molar-refractivity contribution is 7.99. The first kappa shape index (κ1) is 28.8. The zero-order valence-corrected chi connectivity index (χ0v) is 22.3. The number of carbonyl (C=O) groups is 2. The summed E-state index contributed by atoms with van der Waals surface area (Å²) in [5, 5.41) is 13.9. The van der Waals surface area contributed by atoms with E-state index in [4.69, 9.17) is 0 Å². The summed E-state index contributed by atoms with van der Waals surface area (Å²) >= 11 is 1.37. The van der Waals surface area contributed by atoms with E-state index in [2.05, 4.69) is 5.32 Å². The summed E-state index contributed by atoms with van der Waals surface area (Å²) < 4.78 is 13.6. The number of non-ortho nitro benzene ring substituents is 1. The van der Waals surface area contributed by atoms with E-state index in [-0.39, 0.29) is 41.7 Å². The Morgan fingerprint density at radius 3 is 2.21 bits per heavy atom. The fourth-order valence-electron chi connectivity index (χ4n) is 3.83. The van der Waals surface area contributed by atoms with E-state index in [0.29, 0.717) is 12.2 Å². The molecule has 3 aromatic carbocycles. The van der Waals surface area contributed by atoms with Crippen LogP contribution >= 0.6 is 11.8 Å². The van der Waals surface area contributed by atoms with Crippen molar-refractivity contribution < 1.29 is 18.9 Å². The van der Waals surface area contributed by atoms with Crippen molar-refractivity contribution in [2.45, 2.75) is 51.1 Å². The number of benzene rings is 3. The van der Waals surface area contributed by atoms with Gasteiger partial charge < -0.3 is 10.2 Å².